The Bertz CT molecular complexity index is 499. The lowest BCUT2D eigenvalue weighted by molar-refractivity contribution is -0.138. The summed E-state index contributed by atoms with van der Waals surface area (Å²) in [4.78, 5) is 26.7. The average Bonchev–Trinajstić information content (AvgIpc) is 2.58. The number of halogens is 2. The van der Waals surface area contributed by atoms with Crippen LogP contribution >= 0.6 is 23.2 Å². The molecule has 17 heavy (non-hydrogen) atoms. The highest BCUT2D eigenvalue weighted by Gasteiger charge is 2.33. The molecule has 2 rings (SSSR count). The molecule has 0 N–H and O–H groups in total. The van der Waals surface area contributed by atoms with Crippen LogP contribution in [0.4, 0.5) is 0 Å². The number of carbonyl (C=O) groups is 2. The van der Waals surface area contributed by atoms with Gasteiger partial charge in [-0.05, 0) is 12.1 Å². The fourth-order valence-electron chi connectivity index (χ4n) is 1.42. The molecule has 4 nitrogen and oxygen atoms in total. The molecule has 0 saturated heterocycles. The molecule has 2 heterocycles. The van der Waals surface area contributed by atoms with E-state index in [4.69, 9.17) is 27.9 Å². The maximum Gasteiger partial charge on any atom is 0.351 e. The van der Waals surface area contributed by atoms with Crippen molar-refractivity contribution in [2.45, 2.75) is 12.5 Å². The Morgan fingerprint density at radius 1 is 1.47 bits per heavy atom. The molecule has 1 aromatic heterocycles. The first-order chi connectivity index (χ1) is 8.09. The Kier molecular flexibility index (Phi) is 3.45. The number of aromatic nitrogens is 1. The van der Waals surface area contributed by atoms with Gasteiger partial charge in [-0.1, -0.05) is 23.2 Å². The topological polar surface area (TPSA) is 56.3 Å². The number of Topliss-reactive ketones (excluding diaryl/α,β-unsaturated/α-hetero) is 1. The summed E-state index contributed by atoms with van der Waals surface area (Å²) in [6, 6.07) is 3.28. The molecule has 0 spiro atoms. The number of nitrogens with zero attached hydrogens (tertiary/aromatic N) is 1. The van der Waals surface area contributed by atoms with E-state index in [9.17, 15) is 9.59 Å². The van der Waals surface area contributed by atoms with Gasteiger partial charge in [0.25, 0.3) is 0 Å². The van der Waals surface area contributed by atoms with Crippen molar-refractivity contribution in [3.05, 3.63) is 40.2 Å². The second-order valence-corrected chi connectivity index (χ2v) is 4.21. The summed E-state index contributed by atoms with van der Waals surface area (Å²) in [5.74, 6) is -0.902. The van der Waals surface area contributed by atoms with Crippen LogP contribution in [0, 0.1) is 0 Å². The molecule has 0 fully saturated rings. The summed E-state index contributed by atoms with van der Waals surface area (Å²) in [6.07, 6.45) is 2.19. The number of cyclic esters (lactones) is 1. The number of pyridine rings is 1. The number of hydrogen-bond acceptors (Lipinski definition) is 4. The third-order valence-electron chi connectivity index (χ3n) is 2.28. The van der Waals surface area contributed by atoms with Gasteiger partial charge in [-0.15, -0.1) is 0 Å². The van der Waals surface area contributed by atoms with Gasteiger partial charge in [-0.2, -0.15) is 0 Å². The summed E-state index contributed by atoms with van der Waals surface area (Å²) in [5, 5.41) is -0.0791. The first-order valence-electron chi connectivity index (χ1n) is 4.79. The predicted molar refractivity (Wildman–Crippen MR) is 61.8 cm³/mol. The average molecular weight is 272 g/mol. The molecule has 0 unspecified atom stereocenters. The van der Waals surface area contributed by atoms with Gasteiger partial charge in [-0.3, -0.25) is 9.78 Å². The van der Waals surface area contributed by atoms with Crippen molar-refractivity contribution >= 4 is 35.0 Å². The zero-order chi connectivity index (χ0) is 12.4. The Labute approximate surface area is 107 Å². The largest absolute Gasteiger partial charge is 0.452 e. The van der Waals surface area contributed by atoms with E-state index >= 15 is 0 Å². The summed E-state index contributed by atoms with van der Waals surface area (Å²) in [6.45, 7) is 0. The Hall–Kier alpha value is -1.39. The highest BCUT2D eigenvalue weighted by Crippen LogP contribution is 2.31. The lowest BCUT2D eigenvalue weighted by atomic mass is 10.1. The fourth-order valence-corrected chi connectivity index (χ4v) is 1.78. The number of esters is 1. The molecule has 0 saturated carbocycles. The lowest BCUT2D eigenvalue weighted by Crippen LogP contribution is -2.15. The van der Waals surface area contributed by atoms with Gasteiger partial charge in [0.05, 0.1) is 11.5 Å². The molecule has 1 aliphatic heterocycles. The summed E-state index contributed by atoms with van der Waals surface area (Å²) in [5.41, 5.74) is 0.441. The number of carbonyl (C=O) groups excluding carboxylic acids is 2. The summed E-state index contributed by atoms with van der Waals surface area (Å²) >= 11 is 11.4. The van der Waals surface area contributed by atoms with Crippen molar-refractivity contribution in [3.8, 4) is 0 Å². The minimum atomic E-state index is -0.788. The van der Waals surface area contributed by atoms with Crippen LogP contribution < -0.4 is 0 Å². The van der Waals surface area contributed by atoms with Gasteiger partial charge in [0.1, 0.15) is 11.1 Å². The highest BCUT2D eigenvalue weighted by molar-refractivity contribution is 6.48. The maximum absolute atomic E-state index is 11.8. The van der Waals surface area contributed by atoms with Gasteiger partial charge in [0.15, 0.2) is 5.78 Å². The third kappa shape index (κ3) is 2.48. The van der Waals surface area contributed by atoms with E-state index in [0.717, 1.165) is 0 Å². The maximum atomic E-state index is 11.8. The Morgan fingerprint density at radius 2 is 2.24 bits per heavy atom. The summed E-state index contributed by atoms with van der Waals surface area (Å²) in [7, 11) is 0. The molecule has 0 aliphatic carbocycles. The van der Waals surface area contributed by atoms with Crippen molar-refractivity contribution in [3.63, 3.8) is 0 Å². The molecule has 0 bridgehead atoms. The standard InChI is InChI=1S/C11H7Cl2NO3/c12-9-8(17-11(16)10(9)13)4-7(15)6-2-1-3-14-5-6/h1-3,5,8H,4H2/t8-/m1/s1. The van der Waals surface area contributed by atoms with Gasteiger partial charge in [0, 0.05) is 18.0 Å². The molecule has 0 amide bonds. The van der Waals surface area contributed by atoms with E-state index in [1.165, 1.54) is 6.20 Å². The van der Waals surface area contributed by atoms with E-state index < -0.39 is 12.1 Å². The number of ketones is 1. The molecule has 0 radical (unpaired) electrons. The molecule has 1 aromatic rings. The molecule has 1 atom stereocenters. The molecule has 88 valence electrons. The minimum Gasteiger partial charge on any atom is -0.452 e. The van der Waals surface area contributed by atoms with Gasteiger partial charge >= 0.3 is 5.97 Å². The first-order valence-corrected chi connectivity index (χ1v) is 5.54. The Morgan fingerprint density at radius 3 is 2.76 bits per heavy atom. The van der Waals surface area contributed by atoms with Gasteiger partial charge < -0.3 is 4.74 Å². The van der Waals surface area contributed by atoms with Crippen molar-refractivity contribution in [1.82, 2.24) is 4.98 Å². The zero-order valence-electron chi connectivity index (χ0n) is 8.52. The van der Waals surface area contributed by atoms with Crippen LogP contribution in [0.3, 0.4) is 0 Å². The van der Waals surface area contributed by atoms with Gasteiger partial charge in [-0.25, -0.2) is 4.79 Å². The molecule has 0 aromatic carbocycles. The zero-order valence-corrected chi connectivity index (χ0v) is 10.0. The van der Waals surface area contributed by atoms with Crippen LogP contribution in [0.15, 0.2) is 34.6 Å². The monoisotopic (exact) mass is 271 g/mol. The minimum absolute atomic E-state index is 0.0352. The van der Waals surface area contributed by atoms with E-state index in [0.29, 0.717) is 5.56 Å². The molecule has 6 heteroatoms. The second-order valence-electron chi connectivity index (χ2n) is 3.42. The third-order valence-corrected chi connectivity index (χ3v) is 3.16. The highest BCUT2D eigenvalue weighted by atomic mass is 35.5. The number of hydrogen-bond donors (Lipinski definition) is 0. The fraction of sp³-hybridized carbons (Fsp3) is 0.182. The van der Waals surface area contributed by atoms with Crippen LogP contribution in [0.2, 0.25) is 0 Å². The van der Waals surface area contributed by atoms with Crippen LogP contribution in [0.1, 0.15) is 16.8 Å². The molecular weight excluding hydrogens is 265 g/mol. The van der Waals surface area contributed by atoms with Crippen molar-refractivity contribution < 1.29 is 14.3 Å². The van der Waals surface area contributed by atoms with Crippen LogP contribution in [0.5, 0.6) is 0 Å². The number of ether oxygens (including phenoxy) is 1. The second kappa shape index (κ2) is 4.85. The SMILES string of the molecule is O=C1O[C@H](CC(=O)c2cccnc2)C(Cl)=C1Cl. The van der Waals surface area contributed by atoms with Crippen LogP contribution in [-0.4, -0.2) is 22.8 Å². The first kappa shape index (κ1) is 12.1. The summed E-state index contributed by atoms with van der Waals surface area (Å²) < 4.78 is 4.86. The smallest absolute Gasteiger partial charge is 0.351 e. The lowest BCUT2D eigenvalue weighted by Gasteiger charge is -2.08. The normalized spacial score (nSPS) is 19.4. The van der Waals surface area contributed by atoms with Crippen molar-refractivity contribution in [2.24, 2.45) is 0 Å². The predicted octanol–water partition coefficient (Wildman–Crippen LogP) is 2.27. The van der Waals surface area contributed by atoms with Gasteiger partial charge in [0.2, 0.25) is 0 Å². The molecular formula is C11H7Cl2NO3. The quantitative estimate of drug-likeness (QED) is 0.625. The van der Waals surface area contributed by atoms with E-state index in [2.05, 4.69) is 4.98 Å². The van der Waals surface area contributed by atoms with Crippen molar-refractivity contribution in [2.75, 3.05) is 0 Å². The molecule has 1 aliphatic rings. The van der Waals surface area contributed by atoms with E-state index in [-0.39, 0.29) is 22.3 Å². The number of rotatable bonds is 3. The van der Waals surface area contributed by atoms with Crippen LogP contribution in [-0.2, 0) is 9.53 Å². The van der Waals surface area contributed by atoms with Crippen LogP contribution in [0.25, 0.3) is 0 Å². The van der Waals surface area contributed by atoms with E-state index in [1.54, 1.807) is 18.3 Å². The Balaban J connectivity index is 2.09. The van der Waals surface area contributed by atoms with Crippen molar-refractivity contribution in [1.29, 1.82) is 0 Å². The van der Waals surface area contributed by atoms with E-state index in [1.807, 2.05) is 0 Å².